The largest absolute Gasteiger partial charge is 0.382 e. The molecule has 0 N–H and O–H groups in total. The van der Waals surface area contributed by atoms with E-state index in [-0.39, 0.29) is 0 Å². The smallest absolute Gasteiger partial charge is 0.0717 e. The Morgan fingerprint density at radius 3 is 0.810 bits per heavy atom. The van der Waals surface area contributed by atoms with Crippen LogP contribution in [0.4, 0.5) is 0 Å². The zero-order chi connectivity index (χ0) is 30.1. The summed E-state index contributed by atoms with van der Waals surface area (Å²) in [7, 11) is 6.79. The van der Waals surface area contributed by atoms with Crippen molar-refractivity contribution in [2.24, 2.45) is 0 Å². The summed E-state index contributed by atoms with van der Waals surface area (Å²) < 4.78 is 51.3. The molecule has 0 aromatic rings. The molecule has 0 atom stereocenters. The molecule has 0 radical (unpaired) electrons. The van der Waals surface area contributed by atoms with Crippen molar-refractivity contribution in [3.8, 4) is 0 Å². The summed E-state index contributed by atoms with van der Waals surface area (Å²) in [6.07, 6.45) is 0. The van der Waals surface area contributed by atoms with E-state index in [4.69, 9.17) is 37.9 Å². The lowest BCUT2D eigenvalue weighted by Crippen LogP contribution is -2.04. The van der Waals surface area contributed by atoms with Gasteiger partial charge in [-0.2, -0.15) is 0 Å². The van der Waals surface area contributed by atoms with E-state index in [0.717, 1.165) is 23.0 Å². The van der Waals surface area contributed by atoms with Crippen LogP contribution in [0.1, 0.15) is 0 Å². The van der Waals surface area contributed by atoms with Crippen molar-refractivity contribution in [2.45, 2.75) is 0 Å². The van der Waals surface area contributed by atoms with Gasteiger partial charge in [-0.15, -0.1) is 47.0 Å². The molecule has 0 saturated heterocycles. The van der Waals surface area contributed by atoms with Gasteiger partial charge in [-0.25, -0.2) is 0 Å². The summed E-state index contributed by atoms with van der Waals surface area (Å²) in [6, 6.07) is 0. The lowest BCUT2D eigenvalue weighted by atomic mass is 10.7. The van der Waals surface area contributed by atoms with Crippen LogP contribution in [0.2, 0.25) is 0 Å². The van der Waals surface area contributed by atoms with Crippen LogP contribution in [0.25, 0.3) is 0 Å². The van der Waals surface area contributed by atoms with Gasteiger partial charge >= 0.3 is 0 Å². The molecule has 0 fully saturated rings. The summed E-state index contributed by atoms with van der Waals surface area (Å²) in [4.78, 5) is 0. The third-order valence-electron chi connectivity index (χ3n) is 4.81. The Labute approximate surface area is 286 Å². The minimum Gasteiger partial charge on any atom is -0.382 e. The van der Waals surface area contributed by atoms with Crippen molar-refractivity contribution in [3.63, 3.8) is 0 Å². The second-order valence-corrected chi connectivity index (χ2v) is 18.0. The fourth-order valence-electron chi connectivity index (χ4n) is 2.82. The molecule has 0 aliphatic carbocycles. The van der Waals surface area contributed by atoms with E-state index in [2.05, 4.69) is 0 Å². The molecule has 0 bridgehead atoms. The maximum Gasteiger partial charge on any atom is 0.0717 e. The first-order valence-corrected chi connectivity index (χ1v) is 20.7. The Kier molecular flexibility index (Phi) is 26.4. The molecular formula is C26H44O8S8. The normalized spacial score (nSPS) is 15.7. The Morgan fingerprint density at radius 1 is 0.357 bits per heavy atom. The highest BCUT2D eigenvalue weighted by Gasteiger charge is 2.31. The quantitative estimate of drug-likeness (QED) is 0.0780. The molecule has 244 valence electrons. The summed E-state index contributed by atoms with van der Waals surface area (Å²) in [5.41, 5.74) is 0. The van der Waals surface area contributed by atoms with Crippen LogP contribution in [-0.4, -0.2) is 131 Å². The monoisotopic (exact) mass is 740 g/mol. The highest BCUT2D eigenvalue weighted by atomic mass is 32.3. The van der Waals surface area contributed by atoms with E-state index in [0.29, 0.717) is 79.3 Å². The van der Waals surface area contributed by atoms with Crippen LogP contribution in [-0.2, 0) is 37.9 Å². The predicted molar refractivity (Wildman–Crippen MR) is 192 cm³/mol. The number of hydrogen-bond donors (Lipinski definition) is 0. The van der Waals surface area contributed by atoms with Gasteiger partial charge in [0.15, 0.2) is 0 Å². The maximum atomic E-state index is 5.71. The van der Waals surface area contributed by atoms with Gasteiger partial charge in [0, 0.05) is 51.5 Å². The molecule has 2 rings (SSSR count). The van der Waals surface area contributed by atoms with Gasteiger partial charge in [0.25, 0.3) is 0 Å². The predicted octanol–water partition coefficient (Wildman–Crippen LogP) is 6.91. The van der Waals surface area contributed by atoms with E-state index < -0.39 is 0 Å². The summed E-state index contributed by atoms with van der Waals surface area (Å²) in [5.74, 6) is 3.65. The van der Waals surface area contributed by atoms with Crippen molar-refractivity contribution >= 4 is 94.1 Å². The maximum absolute atomic E-state index is 5.71. The van der Waals surface area contributed by atoms with Crippen LogP contribution in [0.3, 0.4) is 0 Å². The molecule has 8 nitrogen and oxygen atoms in total. The number of hydrogen-bond acceptors (Lipinski definition) is 16. The SMILES string of the molecule is COCCOCCSC1=C(SCCOCCOC)SC(=C2SC(SCCOCCOC)=C(SCCOCCOC)S2)S1. The van der Waals surface area contributed by atoms with Gasteiger partial charge in [-0.05, 0) is 0 Å². The number of rotatable bonds is 28. The third kappa shape index (κ3) is 18.1. The Morgan fingerprint density at radius 2 is 0.595 bits per heavy atom. The molecule has 16 heteroatoms. The van der Waals surface area contributed by atoms with Crippen LogP contribution < -0.4 is 0 Å². The van der Waals surface area contributed by atoms with E-state index in [9.17, 15) is 0 Å². The molecule has 2 heterocycles. The molecule has 0 unspecified atom stereocenters. The second-order valence-electron chi connectivity index (χ2n) is 7.95. The molecule has 0 spiro atoms. The molecule has 42 heavy (non-hydrogen) atoms. The Hall–Kier alpha value is 1.70. The molecule has 0 amide bonds. The van der Waals surface area contributed by atoms with Crippen LogP contribution in [0.5, 0.6) is 0 Å². The number of thioether (sulfide) groups is 8. The van der Waals surface area contributed by atoms with Gasteiger partial charge in [0.1, 0.15) is 0 Å². The van der Waals surface area contributed by atoms with Crippen molar-refractivity contribution in [3.05, 3.63) is 25.4 Å². The van der Waals surface area contributed by atoms with E-state index >= 15 is 0 Å². The average molecular weight is 741 g/mol. The number of methoxy groups -OCH3 is 4. The summed E-state index contributed by atoms with van der Waals surface area (Å²) >= 11 is 15.1. The van der Waals surface area contributed by atoms with Crippen LogP contribution in [0, 0.1) is 0 Å². The first kappa shape index (κ1) is 39.9. The molecule has 2 aliphatic rings. The summed E-state index contributed by atoms with van der Waals surface area (Å²) in [6.45, 7) is 7.83. The van der Waals surface area contributed by atoms with Crippen molar-refractivity contribution < 1.29 is 37.9 Å². The fourth-order valence-corrected chi connectivity index (χ4v) is 14.5. The highest BCUT2D eigenvalue weighted by Crippen LogP contribution is 2.66. The molecule has 0 saturated carbocycles. The van der Waals surface area contributed by atoms with Crippen molar-refractivity contribution in [1.82, 2.24) is 0 Å². The van der Waals surface area contributed by atoms with Crippen molar-refractivity contribution in [1.29, 1.82) is 0 Å². The van der Waals surface area contributed by atoms with Gasteiger partial charge in [-0.1, -0.05) is 47.0 Å². The van der Waals surface area contributed by atoms with E-state index in [1.165, 1.54) is 25.4 Å². The van der Waals surface area contributed by atoms with Gasteiger partial charge in [0.2, 0.25) is 0 Å². The molecule has 2 aliphatic heterocycles. The molecule has 0 aromatic carbocycles. The second kappa shape index (κ2) is 27.8. The van der Waals surface area contributed by atoms with Crippen LogP contribution >= 0.6 is 94.1 Å². The average Bonchev–Trinajstić information content (AvgIpc) is 3.60. The molecular weight excluding hydrogens is 697 g/mol. The van der Waals surface area contributed by atoms with Crippen LogP contribution in [0.15, 0.2) is 25.4 Å². The standard InChI is InChI=1S/C26H44O8S8/c1-27-5-9-31-13-17-35-21-22(36-18-14-32-10-6-28-2)40-25(39-21)26-41-23(37-19-15-33-11-7-29-3)24(42-26)38-20-16-34-12-8-30-4/h5-20H2,1-4H3. The Balaban J connectivity index is 1.98. The number of ether oxygens (including phenoxy) is 8. The van der Waals surface area contributed by atoms with Gasteiger partial charge in [-0.3, -0.25) is 0 Å². The van der Waals surface area contributed by atoms with E-state index in [1.807, 2.05) is 94.1 Å². The first-order valence-electron chi connectivity index (χ1n) is 13.5. The fraction of sp³-hybridized carbons (Fsp3) is 0.769. The third-order valence-corrected chi connectivity index (χ3v) is 16.2. The van der Waals surface area contributed by atoms with Gasteiger partial charge < -0.3 is 37.9 Å². The zero-order valence-electron chi connectivity index (χ0n) is 24.8. The lowest BCUT2D eigenvalue weighted by Gasteiger charge is -2.06. The molecule has 0 aromatic heterocycles. The van der Waals surface area contributed by atoms with E-state index in [1.54, 1.807) is 28.4 Å². The van der Waals surface area contributed by atoms with Crippen molar-refractivity contribution in [2.75, 3.05) is 131 Å². The topological polar surface area (TPSA) is 73.8 Å². The summed E-state index contributed by atoms with van der Waals surface area (Å²) in [5, 5.41) is 0. The zero-order valence-corrected chi connectivity index (χ0v) is 31.4. The lowest BCUT2D eigenvalue weighted by molar-refractivity contribution is 0.0790. The highest BCUT2D eigenvalue weighted by molar-refractivity contribution is 8.45. The van der Waals surface area contributed by atoms with Gasteiger partial charge in [0.05, 0.1) is 105 Å². The minimum absolute atomic E-state index is 0.624. The Bertz CT molecular complexity index is 691. The first-order chi connectivity index (χ1) is 20.7. The minimum atomic E-state index is 0.624.